The summed E-state index contributed by atoms with van der Waals surface area (Å²) in [5, 5.41) is 0. The number of nitrogens with one attached hydrogen (secondary N) is 1. The lowest BCUT2D eigenvalue weighted by Crippen LogP contribution is -2.22. The molecule has 3 rings (SSSR count). The molecule has 0 saturated heterocycles. The molecule has 0 spiro atoms. The Labute approximate surface area is 140 Å². The Bertz CT molecular complexity index is 873. The van der Waals surface area contributed by atoms with Crippen molar-refractivity contribution in [3.63, 3.8) is 0 Å². The lowest BCUT2D eigenvalue weighted by Gasteiger charge is -2.05. The molecule has 114 valence electrons. The van der Waals surface area contributed by atoms with Crippen LogP contribution in [0.5, 0.6) is 0 Å². The summed E-state index contributed by atoms with van der Waals surface area (Å²) >= 11 is 4.42. The fourth-order valence-electron chi connectivity index (χ4n) is 1.85. The second-order valence-corrected chi connectivity index (χ2v) is 8.90. The van der Waals surface area contributed by atoms with Crippen LogP contribution in [0.4, 0.5) is 0 Å². The van der Waals surface area contributed by atoms with Crippen molar-refractivity contribution in [3.05, 3.63) is 58.3 Å². The van der Waals surface area contributed by atoms with E-state index in [-0.39, 0.29) is 10.8 Å². The monoisotopic (exact) mass is 398 g/mol. The van der Waals surface area contributed by atoms with Gasteiger partial charge in [0.2, 0.25) is 10.0 Å². The predicted octanol–water partition coefficient (Wildman–Crippen LogP) is 3.64. The molecular formula is C14H11BrN2O3S2. The van der Waals surface area contributed by atoms with E-state index in [2.05, 4.69) is 25.6 Å². The molecule has 0 aliphatic carbocycles. The van der Waals surface area contributed by atoms with E-state index in [9.17, 15) is 8.42 Å². The molecule has 3 aromatic heterocycles. The average molecular weight is 399 g/mol. The van der Waals surface area contributed by atoms with Crippen molar-refractivity contribution >= 4 is 37.3 Å². The number of halogens is 1. The van der Waals surface area contributed by atoms with Gasteiger partial charge in [-0.1, -0.05) is 0 Å². The van der Waals surface area contributed by atoms with Crippen LogP contribution < -0.4 is 4.72 Å². The summed E-state index contributed by atoms with van der Waals surface area (Å²) in [5.74, 6) is 0.694. The van der Waals surface area contributed by atoms with Crippen LogP contribution in [0.25, 0.3) is 11.3 Å². The minimum absolute atomic E-state index is 0.166. The number of hydrogen-bond acceptors (Lipinski definition) is 5. The van der Waals surface area contributed by atoms with Crippen LogP contribution in [-0.2, 0) is 16.6 Å². The summed E-state index contributed by atoms with van der Waals surface area (Å²) in [4.78, 5) is 4.12. The Balaban J connectivity index is 1.75. The first-order chi connectivity index (χ1) is 10.5. The zero-order chi connectivity index (χ0) is 15.6. The highest BCUT2D eigenvalue weighted by Gasteiger charge is 2.16. The van der Waals surface area contributed by atoms with Crippen molar-refractivity contribution in [2.45, 2.75) is 10.8 Å². The van der Waals surface area contributed by atoms with Gasteiger partial charge in [0.15, 0.2) is 0 Å². The Kier molecular flexibility index (Phi) is 4.44. The number of hydrogen-bond donors (Lipinski definition) is 1. The lowest BCUT2D eigenvalue weighted by atomic mass is 10.2. The van der Waals surface area contributed by atoms with Gasteiger partial charge in [0.05, 0.1) is 10.0 Å². The summed E-state index contributed by atoms with van der Waals surface area (Å²) in [6.45, 7) is 0.166. The van der Waals surface area contributed by atoms with Crippen molar-refractivity contribution in [3.8, 4) is 11.3 Å². The topological polar surface area (TPSA) is 72.2 Å². The van der Waals surface area contributed by atoms with Crippen molar-refractivity contribution in [1.29, 1.82) is 0 Å². The van der Waals surface area contributed by atoms with Crippen molar-refractivity contribution in [1.82, 2.24) is 9.71 Å². The quantitative estimate of drug-likeness (QED) is 0.711. The molecule has 0 fully saturated rings. The number of thiophene rings is 1. The number of nitrogens with zero attached hydrogens (tertiary/aromatic N) is 1. The van der Waals surface area contributed by atoms with Gasteiger partial charge >= 0.3 is 0 Å². The van der Waals surface area contributed by atoms with E-state index < -0.39 is 10.0 Å². The van der Waals surface area contributed by atoms with Gasteiger partial charge in [-0.15, -0.1) is 11.3 Å². The van der Waals surface area contributed by atoms with Crippen LogP contribution in [0.1, 0.15) is 5.56 Å². The van der Waals surface area contributed by atoms with Crippen molar-refractivity contribution in [2.24, 2.45) is 0 Å². The molecule has 0 aliphatic heterocycles. The summed E-state index contributed by atoms with van der Waals surface area (Å²) < 4.78 is 33.3. The highest BCUT2D eigenvalue weighted by Crippen LogP contribution is 2.26. The zero-order valence-corrected chi connectivity index (χ0v) is 14.4. The largest absolute Gasteiger partial charge is 0.464 e. The van der Waals surface area contributed by atoms with Crippen LogP contribution in [0.2, 0.25) is 0 Å². The number of rotatable bonds is 5. The predicted molar refractivity (Wildman–Crippen MR) is 88.0 cm³/mol. The molecule has 0 bridgehead atoms. The van der Waals surface area contributed by atoms with Gasteiger partial charge in [-0.3, -0.25) is 4.98 Å². The smallest absolute Gasteiger partial charge is 0.250 e. The summed E-state index contributed by atoms with van der Waals surface area (Å²) in [7, 11) is -3.52. The fourth-order valence-corrected chi connectivity index (χ4v) is 4.93. The molecule has 0 aromatic carbocycles. The molecule has 3 heterocycles. The molecule has 3 aromatic rings. The zero-order valence-electron chi connectivity index (χ0n) is 11.2. The maximum absolute atomic E-state index is 12.2. The maximum Gasteiger partial charge on any atom is 0.250 e. The van der Waals surface area contributed by atoms with Gasteiger partial charge in [0, 0.05) is 24.5 Å². The van der Waals surface area contributed by atoms with E-state index in [1.54, 1.807) is 36.9 Å². The van der Waals surface area contributed by atoms with Crippen LogP contribution in [-0.4, -0.2) is 13.4 Å². The van der Waals surface area contributed by atoms with Gasteiger partial charge in [-0.05, 0) is 51.8 Å². The first-order valence-electron chi connectivity index (χ1n) is 6.27. The molecule has 0 aliphatic rings. The van der Waals surface area contributed by atoms with Crippen LogP contribution in [0.15, 0.2) is 61.4 Å². The average Bonchev–Trinajstić information content (AvgIpc) is 3.17. The molecular weight excluding hydrogens is 388 g/mol. The molecule has 0 atom stereocenters. The number of pyridine rings is 1. The maximum atomic E-state index is 12.2. The summed E-state index contributed by atoms with van der Waals surface area (Å²) in [5.41, 5.74) is 1.56. The lowest BCUT2D eigenvalue weighted by molar-refractivity contribution is 0.581. The first-order valence-corrected chi connectivity index (χ1v) is 9.37. The van der Waals surface area contributed by atoms with Gasteiger partial charge in [0.25, 0.3) is 0 Å². The van der Waals surface area contributed by atoms with Gasteiger partial charge in [-0.2, -0.15) is 0 Å². The summed E-state index contributed by atoms with van der Waals surface area (Å²) in [6, 6.07) is 8.74. The van der Waals surface area contributed by atoms with Gasteiger partial charge in [0.1, 0.15) is 9.97 Å². The molecule has 22 heavy (non-hydrogen) atoms. The second-order valence-electron chi connectivity index (χ2n) is 4.44. The van der Waals surface area contributed by atoms with E-state index in [1.807, 2.05) is 12.1 Å². The van der Waals surface area contributed by atoms with Crippen LogP contribution in [0, 0.1) is 0 Å². The minimum Gasteiger partial charge on any atom is -0.464 e. The molecule has 0 amide bonds. The molecule has 0 saturated carbocycles. The van der Waals surface area contributed by atoms with E-state index in [4.69, 9.17) is 4.42 Å². The Morgan fingerprint density at radius 1 is 1.27 bits per heavy atom. The van der Waals surface area contributed by atoms with E-state index in [0.29, 0.717) is 5.76 Å². The molecule has 8 heteroatoms. The van der Waals surface area contributed by atoms with E-state index in [1.165, 1.54) is 11.3 Å². The van der Waals surface area contributed by atoms with Gasteiger partial charge < -0.3 is 4.42 Å². The normalized spacial score (nSPS) is 11.7. The highest BCUT2D eigenvalue weighted by molar-refractivity contribution is 9.11. The number of furan rings is 1. The SMILES string of the molecule is O=S(=O)(NCc1cncc(-c2ccco2)c1)c1ccc(Br)s1. The number of aromatic nitrogens is 1. The van der Waals surface area contributed by atoms with Crippen LogP contribution >= 0.6 is 27.3 Å². The molecule has 5 nitrogen and oxygen atoms in total. The van der Waals surface area contributed by atoms with Gasteiger partial charge in [-0.25, -0.2) is 13.1 Å². The first kappa shape index (κ1) is 15.4. The van der Waals surface area contributed by atoms with Crippen molar-refractivity contribution in [2.75, 3.05) is 0 Å². The molecule has 1 N–H and O–H groups in total. The van der Waals surface area contributed by atoms with Crippen LogP contribution in [0.3, 0.4) is 0 Å². The van der Waals surface area contributed by atoms with Crippen molar-refractivity contribution < 1.29 is 12.8 Å². The standard InChI is InChI=1S/C14H11BrN2O3S2/c15-13-3-4-14(21-13)22(18,19)17-8-10-6-11(9-16-7-10)12-2-1-5-20-12/h1-7,9,17H,8H2. The third-order valence-corrected chi connectivity index (χ3v) is 6.40. The third kappa shape index (κ3) is 3.46. The summed E-state index contributed by atoms with van der Waals surface area (Å²) in [6.07, 6.45) is 4.88. The Morgan fingerprint density at radius 2 is 2.14 bits per heavy atom. The highest BCUT2D eigenvalue weighted by atomic mass is 79.9. The Hall–Kier alpha value is -1.48. The third-order valence-electron chi connectivity index (χ3n) is 2.88. The Morgan fingerprint density at radius 3 is 2.82 bits per heavy atom. The second kappa shape index (κ2) is 6.33. The number of sulfonamides is 1. The molecule has 0 radical (unpaired) electrons. The molecule has 0 unspecified atom stereocenters. The minimum atomic E-state index is -3.52. The van der Waals surface area contributed by atoms with E-state index >= 15 is 0 Å². The fraction of sp³-hybridized carbons (Fsp3) is 0.0714. The van der Waals surface area contributed by atoms with E-state index in [0.717, 1.165) is 14.9 Å².